The van der Waals surface area contributed by atoms with Crippen molar-refractivity contribution in [3.8, 4) is 10.4 Å². The summed E-state index contributed by atoms with van der Waals surface area (Å²) in [6.07, 6.45) is 5.72. The van der Waals surface area contributed by atoms with Crippen molar-refractivity contribution in [3.63, 3.8) is 0 Å². The Morgan fingerprint density at radius 2 is 2.03 bits per heavy atom. The van der Waals surface area contributed by atoms with Crippen molar-refractivity contribution in [2.24, 2.45) is 5.41 Å². The highest BCUT2D eigenvalue weighted by Gasteiger charge is 2.49. The number of aryl methyl sites for hydroxylation is 1. The third-order valence-corrected chi connectivity index (χ3v) is 7.45. The largest absolute Gasteiger partial charge is 0.368 e. The van der Waals surface area contributed by atoms with Gasteiger partial charge in [0.1, 0.15) is 17.3 Å². The number of benzene rings is 1. The van der Waals surface area contributed by atoms with E-state index in [2.05, 4.69) is 15.3 Å². The van der Waals surface area contributed by atoms with E-state index >= 15 is 0 Å². The van der Waals surface area contributed by atoms with Gasteiger partial charge in [-0.05, 0) is 55.7 Å². The topological polar surface area (TPSA) is 58.1 Å². The number of nitrogens with zero attached hydrogens (tertiary/aromatic N) is 3. The molecule has 3 heterocycles. The van der Waals surface area contributed by atoms with Gasteiger partial charge in [0.25, 0.3) is 5.91 Å². The molecular formula is C24H25FN4OS. The molecular weight excluding hydrogens is 411 g/mol. The van der Waals surface area contributed by atoms with Crippen LogP contribution in [0.1, 0.15) is 41.2 Å². The third kappa shape index (κ3) is 4.19. The van der Waals surface area contributed by atoms with Gasteiger partial charge in [0.05, 0.1) is 16.1 Å². The molecule has 5 nitrogen and oxygen atoms in total. The second kappa shape index (κ2) is 8.04. The second-order valence-electron chi connectivity index (χ2n) is 8.63. The monoisotopic (exact) mass is 436 g/mol. The van der Waals surface area contributed by atoms with Gasteiger partial charge < -0.3 is 10.2 Å². The fraction of sp³-hybridized carbons (Fsp3) is 0.375. The number of halogens is 1. The molecule has 160 valence electrons. The fourth-order valence-electron chi connectivity index (χ4n) is 4.53. The molecule has 1 N–H and O–H groups in total. The molecule has 2 aromatic heterocycles. The lowest BCUT2D eigenvalue weighted by atomic mass is 9.87. The molecule has 31 heavy (non-hydrogen) atoms. The molecule has 2 fully saturated rings. The van der Waals surface area contributed by atoms with Gasteiger partial charge in [0.2, 0.25) is 0 Å². The van der Waals surface area contributed by atoms with Crippen molar-refractivity contribution in [1.29, 1.82) is 0 Å². The summed E-state index contributed by atoms with van der Waals surface area (Å²) < 4.78 is 13.2. The van der Waals surface area contributed by atoms with Crippen molar-refractivity contribution < 1.29 is 9.18 Å². The number of anilines is 1. The highest BCUT2D eigenvalue weighted by molar-refractivity contribution is 7.15. The van der Waals surface area contributed by atoms with E-state index in [1.165, 1.54) is 25.1 Å². The first-order valence-corrected chi connectivity index (χ1v) is 11.5. The standard InChI is InChI=1S/C24H25FN4OS/c1-16-28-21(22(31-16)17-5-3-2-4-6-17)23(30)29-12-11-24(9-10-24)13-19(29)15-27-20-8-7-18(25)14-26-20/h2-8,14,19H,9-13,15H2,1H3,(H,26,27). The summed E-state index contributed by atoms with van der Waals surface area (Å²) in [4.78, 5) is 25.3. The van der Waals surface area contributed by atoms with E-state index in [1.807, 2.05) is 42.2 Å². The highest BCUT2D eigenvalue weighted by Crippen LogP contribution is 2.55. The van der Waals surface area contributed by atoms with Crippen LogP contribution in [0.4, 0.5) is 10.2 Å². The summed E-state index contributed by atoms with van der Waals surface area (Å²) in [6, 6.07) is 13.1. The van der Waals surface area contributed by atoms with Gasteiger partial charge >= 0.3 is 0 Å². The SMILES string of the molecule is Cc1nc(C(=O)N2CCC3(CC3)CC2CNc2ccc(F)cn2)c(-c2ccccc2)s1. The van der Waals surface area contributed by atoms with E-state index in [4.69, 9.17) is 0 Å². The van der Waals surface area contributed by atoms with Crippen LogP contribution in [0.5, 0.6) is 0 Å². The van der Waals surface area contributed by atoms with Crippen LogP contribution in [0.2, 0.25) is 0 Å². The summed E-state index contributed by atoms with van der Waals surface area (Å²) in [5, 5.41) is 4.20. The van der Waals surface area contributed by atoms with Crippen LogP contribution in [0, 0.1) is 18.2 Å². The molecule has 0 radical (unpaired) electrons. The van der Waals surface area contributed by atoms with Crippen molar-refractivity contribution in [3.05, 3.63) is 65.2 Å². The number of carbonyl (C=O) groups excluding carboxylic acids is 1. The van der Waals surface area contributed by atoms with E-state index < -0.39 is 0 Å². The molecule has 1 aromatic carbocycles. The minimum atomic E-state index is -0.357. The van der Waals surface area contributed by atoms with E-state index in [1.54, 1.807) is 17.4 Å². The molecule has 2 aliphatic rings. The second-order valence-corrected chi connectivity index (χ2v) is 9.83. The third-order valence-electron chi connectivity index (χ3n) is 6.43. The first kappa shape index (κ1) is 20.1. The van der Waals surface area contributed by atoms with E-state index in [-0.39, 0.29) is 17.8 Å². The van der Waals surface area contributed by atoms with Crippen LogP contribution < -0.4 is 5.32 Å². The van der Waals surface area contributed by atoms with Crippen molar-refractivity contribution >= 4 is 23.1 Å². The molecule has 1 atom stereocenters. The van der Waals surface area contributed by atoms with Crippen LogP contribution >= 0.6 is 11.3 Å². The zero-order chi connectivity index (χ0) is 21.4. The van der Waals surface area contributed by atoms with Crippen LogP contribution in [-0.4, -0.2) is 39.9 Å². The summed E-state index contributed by atoms with van der Waals surface area (Å²) in [5.74, 6) is 0.264. The summed E-state index contributed by atoms with van der Waals surface area (Å²) in [7, 11) is 0. The van der Waals surface area contributed by atoms with Crippen LogP contribution in [0.3, 0.4) is 0 Å². The molecule has 5 rings (SSSR count). The van der Waals surface area contributed by atoms with Gasteiger partial charge in [-0.2, -0.15) is 0 Å². The molecule has 1 amide bonds. The van der Waals surface area contributed by atoms with Gasteiger partial charge in [-0.15, -0.1) is 11.3 Å². The molecule has 1 saturated carbocycles. The number of hydrogen-bond donors (Lipinski definition) is 1. The Morgan fingerprint density at radius 3 is 2.74 bits per heavy atom. The lowest BCUT2D eigenvalue weighted by Gasteiger charge is -2.40. The highest BCUT2D eigenvalue weighted by atomic mass is 32.1. The number of hydrogen-bond acceptors (Lipinski definition) is 5. The maximum Gasteiger partial charge on any atom is 0.274 e. The summed E-state index contributed by atoms with van der Waals surface area (Å²) in [6.45, 7) is 3.28. The molecule has 3 aromatic rings. The lowest BCUT2D eigenvalue weighted by molar-refractivity contribution is 0.0541. The van der Waals surface area contributed by atoms with Crippen LogP contribution in [0.25, 0.3) is 10.4 Å². The van der Waals surface area contributed by atoms with Gasteiger partial charge in [-0.1, -0.05) is 30.3 Å². The Morgan fingerprint density at radius 1 is 1.23 bits per heavy atom. The zero-order valence-electron chi connectivity index (χ0n) is 17.5. The van der Waals surface area contributed by atoms with Gasteiger partial charge in [0, 0.05) is 19.1 Å². The predicted molar refractivity (Wildman–Crippen MR) is 121 cm³/mol. The fourth-order valence-corrected chi connectivity index (χ4v) is 5.44. The molecule has 1 spiro atoms. The smallest absolute Gasteiger partial charge is 0.274 e. The predicted octanol–water partition coefficient (Wildman–Crippen LogP) is 5.15. The average Bonchev–Trinajstić information content (AvgIpc) is 3.42. The maximum atomic E-state index is 13.7. The normalized spacial score (nSPS) is 19.4. The molecule has 1 aliphatic carbocycles. The number of aromatic nitrogens is 2. The number of likely N-dealkylation sites (tertiary alicyclic amines) is 1. The molecule has 0 bridgehead atoms. The Kier molecular flexibility index (Phi) is 5.22. The van der Waals surface area contributed by atoms with Crippen LogP contribution in [-0.2, 0) is 0 Å². The minimum Gasteiger partial charge on any atom is -0.368 e. The zero-order valence-corrected chi connectivity index (χ0v) is 18.3. The Balaban J connectivity index is 1.39. The molecule has 7 heteroatoms. The Bertz CT molecular complexity index is 1080. The van der Waals surface area contributed by atoms with Crippen molar-refractivity contribution in [1.82, 2.24) is 14.9 Å². The average molecular weight is 437 g/mol. The van der Waals surface area contributed by atoms with Gasteiger partial charge in [0.15, 0.2) is 0 Å². The van der Waals surface area contributed by atoms with E-state index in [9.17, 15) is 9.18 Å². The van der Waals surface area contributed by atoms with E-state index in [0.717, 1.165) is 34.8 Å². The number of nitrogens with one attached hydrogen (secondary N) is 1. The number of amides is 1. The first-order valence-electron chi connectivity index (χ1n) is 10.7. The quantitative estimate of drug-likeness (QED) is 0.601. The van der Waals surface area contributed by atoms with Gasteiger partial charge in [-0.25, -0.2) is 14.4 Å². The lowest BCUT2D eigenvalue weighted by Crippen LogP contribution is -2.50. The number of thiazole rings is 1. The first-order chi connectivity index (χ1) is 15.0. The van der Waals surface area contributed by atoms with Crippen molar-refractivity contribution in [2.75, 3.05) is 18.4 Å². The number of carbonyl (C=O) groups is 1. The number of pyridine rings is 1. The summed E-state index contributed by atoms with van der Waals surface area (Å²) in [5.41, 5.74) is 1.96. The Hall–Kier alpha value is -2.80. The number of rotatable bonds is 5. The summed E-state index contributed by atoms with van der Waals surface area (Å²) >= 11 is 1.56. The van der Waals surface area contributed by atoms with Crippen molar-refractivity contribution in [2.45, 2.75) is 38.6 Å². The molecule has 1 aliphatic heterocycles. The Labute approximate surface area is 185 Å². The molecule has 1 unspecified atom stereocenters. The maximum absolute atomic E-state index is 13.7. The van der Waals surface area contributed by atoms with Gasteiger partial charge in [-0.3, -0.25) is 4.79 Å². The van der Waals surface area contributed by atoms with Crippen LogP contribution in [0.15, 0.2) is 48.7 Å². The molecule has 1 saturated heterocycles. The number of piperidine rings is 1. The van der Waals surface area contributed by atoms with E-state index in [0.29, 0.717) is 23.5 Å². The minimum absolute atomic E-state index is 0.00225.